The van der Waals surface area contributed by atoms with Crippen molar-refractivity contribution in [2.24, 2.45) is 5.92 Å². The number of alkyl halides is 1. The Kier molecular flexibility index (Phi) is 14.4. The van der Waals surface area contributed by atoms with E-state index in [9.17, 15) is 0 Å². The molecule has 0 radical (unpaired) electrons. The third-order valence-corrected chi connectivity index (χ3v) is 4.33. The lowest BCUT2D eigenvalue weighted by Crippen LogP contribution is -2.22. The number of nitrogens with one attached hydrogen (secondary N) is 2. The first-order chi connectivity index (χ1) is 10.5. The van der Waals surface area contributed by atoms with Crippen molar-refractivity contribution in [1.82, 2.24) is 10.0 Å². The van der Waals surface area contributed by atoms with Crippen LogP contribution in [-0.2, 0) is 0 Å². The van der Waals surface area contributed by atoms with Crippen molar-refractivity contribution in [2.45, 2.75) is 72.2 Å². The Hall–Kier alpha value is -0.120. The van der Waals surface area contributed by atoms with Crippen molar-refractivity contribution in [1.29, 1.82) is 0 Å². The summed E-state index contributed by atoms with van der Waals surface area (Å²) in [5, 5.41) is 3.37. The van der Waals surface area contributed by atoms with E-state index in [-0.39, 0.29) is 5.50 Å². The van der Waals surface area contributed by atoms with Crippen molar-refractivity contribution in [3.63, 3.8) is 0 Å². The zero-order valence-electron chi connectivity index (χ0n) is 15.0. The van der Waals surface area contributed by atoms with Crippen LogP contribution in [0, 0.1) is 5.92 Å². The van der Waals surface area contributed by atoms with E-state index in [4.69, 9.17) is 11.6 Å². The highest BCUT2D eigenvalue weighted by atomic mass is 35.5. The SMILES string of the molecule is CC/C(CCNSCC/C=C\CC(C)C)=C(\CC)NC(C)Cl. The van der Waals surface area contributed by atoms with E-state index < -0.39 is 0 Å². The molecular weight excluding hydrogens is 312 g/mol. The van der Waals surface area contributed by atoms with Crippen molar-refractivity contribution in [3.05, 3.63) is 23.4 Å². The maximum atomic E-state index is 6.04. The smallest absolute Gasteiger partial charge is 0.0981 e. The van der Waals surface area contributed by atoms with Crippen LogP contribution in [-0.4, -0.2) is 17.8 Å². The van der Waals surface area contributed by atoms with E-state index >= 15 is 0 Å². The zero-order valence-corrected chi connectivity index (χ0v) is 16.6. The maximum absolute atomic E-state index is 6.04. The lowest BCUT2D eigenvalue weighted by Gasteiger charge is -2.17. The van der Waals surface area contributed by atoms with Gasteiger partial charge in [0, 0.05) is 18.0 Å². The fraction of sp³-hybridized carbons (Fsp3) is 0.778. The Labute approximate surface area is 147 Å². The minimum atomic E-state index is -0.00328. The van der Waals surface area contributed by atoms with Gasteiger partial charge in [-0.05, 0) is 44.9 Å². The zero-order chi connectivity index (χ0) is 16.8. The molecule has 0 aliphatic rings. The van der Waals surface area contributed by atoms with Crippen molar-refractivity contribution in [2.75, 3.05) is 12.3 Å². The Bertz CT molecular complexity index is 325. The van der Waals surface area contributed by atoms with E-state index in [0.29, 0.717) is 0 Å². The summed E-state index contributed by atoms with van der Waals surface area (Å²) in [5.41, 5.74) is 2.80. The average molecular weight is 347 g/mol. The van der Waals surface area contributed by atoms with Gasteiger partial charge < -0.3 is 5.32 Å². The average Bonchev–Trinajstić information content (AvgIpc) is 2.47. The molecular formula is C18H35ClN2S. The second-order valence-electron chi connectivity index (χ2n) is 5.93. The van der Waals surface area contributed by atoms with Crippen LogP contribution in [0.3, 0.4) is 0 Å². The quantitative estimate of drug-likeness (QED) is 0.144. The van der Waals surface area contributed by atoms with Crippen molar-refractivity contribution >= 4 is 23.5 Å². The molecule has 0 fully saturated rings. The normalized spacial score (nSPS) is 14.5. The molecule has 2 N–H and O–H groups in total. The molecule has 1 atom stereocenters. The van der Waals surface area contributed by atoms with Gasteiger partial charge in [-0.15, -0.1) is 0 Å². The van der Waals surface area contributed by atoms with Crippen molar-refractivity contribution < 1.29 is 0 Å². The third kappa shape index (κ3) is 12.4. The topological polar surface area (TPSA) is 24.1 Å². The molecule has 0 aliphatic carbocycles. The fourth-order valence-corrected chi connectivity index (χ4v) is 2.97. The summed E-state index contributed by atoms with van der Waals surface area (Å²) in [5.74, 6) is 1.90. The Morgan fingerprint density at radius 1 is 1.14 bits per heavy atom. The van der Waals surface area contributed by atoms with Gasteiger partial charge in [0.1, 0.15) is 0 Å². The molecule has 0 saturated carbocycles. The molecule has 22 heavy (non-hydrogen) atoms. The van der Waals surface area contributed by atoms with E-state index in [1.807, 2.05) is 18.9 Å². The summed E-state index contributed by atoms with van der Waals surface area (Å²) >= 11 is 7.87. The largest absolute Gasteiger partial charge is 0.373 e. The monoisotopic (exact) mass is 346 g/mol. The predicted molar refractivity (Wildman–Crippen MR) is 104 cm³/mol. The van der Waals surface area contributed by atoms with Gasteiger partial charge >= 0.3 is 0 Å². The molecule has 0 aromatic carbocycles. The molecule has 0 aromatic rings. The minimum Gasteiger partial charge on any atom is -0.373 e. The van der Waals surface area contributed by atoms with Crippen LogP contribution < -0.4 is 10.0 Å². The predicted octanol–water partition coefficient (Wildman–Crippen LogP) is 5.86. The maximum Gasteiger partial charge on any atom is 0.0981 e. The fourth-order valence-electron chi connectivity index (χ4n) is 2.19. The van der Waals surface area contributed by atoms with Crippen LogP contribution in [0.1, 0.15) is 66.7 Å². The second kappa shape index (κ2) is 14.5. The summed E-state index contributed by atoms with van der Waals surface area (Å²) < 4.78 is 3.47. The first-order valence-corrected chi connectivity index (χ1v) is 10.0. The first kappa shape index (κ1) is 21.9. The van der Waals surface area contributed by atoms with Crippen LogP contribution in [0.25, 0.3) is 0 Å². The van der Waals surface area contributed by atoms with E-state index in [0.717, 1.165) is 43.9 Å². The van der Waals surface area contributed by atoms with Crippen LogP contribution in [0.15, 0.2) is 23.4 Å². The standard InChI is InChI=1S/C18H35ClN2S/c1-6-17(18(7-2)21-16(5)19)12-13-20-22-14-10-8-9-11-15(3)4/h8-9,15-16,20-21H,6-7,10-14H2,1-5H3/b9-8-,18-17-. The molecule has 0 spiro atoms. The summed E-state index contributed by atoms with van der Waals surface area (Å²) in [7, 11) is 0. The van der Waals surface area contributed by atoms with Gasteiger partial charge in [0.2, 0.25) is 0 Å². The van der Waals surface area contributed by atoms with Gasteiger partial charge in [0.15, 0.2) is 0 Å². The van der Waals surface area contributed by atoms with Crippen LogP contribution in [0.2, 0.25) is 0 Å². The van der Waals surface area contributed by atoms with Crippen LogP contribution in [0.4, 0.5) is 0 Å². The number of allylic oxidation sites excluding steroid dienone is 3. The summed E-state index contributed by atoms with van der Waals surface area (Å²) in [4.78, 5) is 0. The highest BCUT2D eigenvalue weighted by Gasteiger charge is 2.05. The van der Waals surface area contributed by atoms with Gasteiger partial charge in [-0.1, -0.05) is 69.0 Å². The molecule has 2 nitrogen and oxygen atoms in total. The van der Waals surface area contributed by atoms with E-state index in [1.165, 1.54) is 17.7 Å². The molecule has 1 unspecified atom stereocenters. The molecule has 130 valence electrons. The Balaban J connectivity index is 3.87. The number of hydrogen-bond acceptors (Lipinski definition) is 3. The number of hydrogen-bond donors (Lipinski definition) is 2. The molecule has 0 amide bonds. The number of rotatable bonds is 13. The van der Waals surface area contributed by atoms with E-state index in [1.54, 1.807) is 0 Å². The Morgan fingerprint density at radius 2 is 1.86 bits per heavy atom. The van der Waals surface area contributed by atoms with Crippen LogP contribution >= 0.6 is 23.5 Å². The molecule has 0 aliphatic heterocycles. The van der Waals surface area contributed by atoms with Gasteiger partial charge in [-0.3, -0.25) is 4.72 Å². The first-order valence-electron chi connectivity index (χ1n) is 8.62. The van der Waals surface area contributed by atoms with E-state index in [2.05, 4.69) is 49.9 Å². The molecule has 0 rings (SSSR count). The number of halogens is 1. The highest BCUT2D eigenvalue weighted by molar-refractivity contribution is 7.97. The van der Waals surface area contributed by atoms with Gasteiger partial charge in [0.25, 0.3) is 0 Å². The lowest BCUT2D eigenvalue weighted by atomic mass is 10.1. The minimum absolute atomic E-state index is 0.00328. The van der Waals surface area contributed by atoms with Crippen LogP contribution in [0.5, 0.6) is 0 Å². The highest BCUT2D eigenvalue weighted by Crippen LogP contribution is 2.15. The second-order valence-corrected chi connectivity index (χ2v) is 7.57. The van der Waals surface area contributed by atoms with Gasteiger partial charge in [-0.2, -0.15) is 0 Å². The third-order valence-electron chi connectivity index (χ3n) is 3.37. The van der Waals surface area contributed by atoms with Gasteiger partial charge in [-0.25, -0.2) is 0 Å². The molecule has 0 aromatic heterocycles. The summed E-state index contributed by atoms with van der Waals surface area (Å²) in [6.45, 7) is 11.9. The molecule has 0 saturated heterocycles. The Morgan fingerprint density at radius 3 is 2.41 bits per heavy atom. The summed E-state index contributed by atoms with van der Waals surface area (Å²) in [6, 6.07) is 0. The van der Waals surface area contributed by atoms with Crippen molar-refractivity contribution in [3.8, 4) is 0 Å². The molecule has 0 bridgehead atoms. The molecule has 0 heterocycles. The lowest BCUT2D eigenvalue weighted by molar-refractivity contribution is 0.662. The summed E-state index contributed by atoms with van der Waals surface area (Å²) in [6.07, 6.45) is 10.1. The molecule has 4 heteroatoms. The van der Waals surface area contributed by atoms with Gasteiger partial charge in [0.05, 0.1) is 5.50 Å².